The summed E-state index contributed by atoms with van der Waals surface area (Å²) in [5.74, 6) is 1.40. The monoisotopic (exact) mass is 294 g/mol. The molecule has 0 aromatic heterocycles. The van der Waals surface area contributed by atoms with Gasteiger partial charge in [-0.15, -0.1) is 0 Å². The molecule has 122 valence electrons. The zero-order valence-corrected chi connectivity index (χ0v) is 14.2. The minimum absolute atomic E-state index is 0.257. The smallest absolute Gasteiger partial charge is 0.226 e. The van der Waals surface area contributed by atoms with Crippen molar-refractivity contribution in [2.24, 2.45) is 17.3 Å². The highest BCUT2D eigenvalue weighted by Gasteiger charge is 2.38. The summed E-state index contributed by atoms with van der Waals surface area (Å²) < 4.78 is 0. The molecule has 3 nitrogen and oxygen atoms in total. The van der Waals surface area contributed by atoms with Crippen LogP contribution in [0.25, 0.3) is 0 Å². The fourth-order valence-electron chi connectivity index (χ4n) is 3.97. The highest BCUT2D eigenvalue weighted by Crippen LogP contribution is 2.33. The molecule has 3 heteroatoms. The van der Waals surface area contributed by atoms with Crippen LogP contribution in [0.3, 0.4) is 0 Å². The molecular weight excluding hydrogens is 260 g/mol. The molecule has 0 spiro atoms. The zero-order valence-electron chi connectivity index (χ0n) is 14.2. The number of nitrogens with one attached hydrogen (secondary N) is 2. The molecule has 0 aromatic carbocycles. The number of rotatable bonds is 4. The Morgan fingerprint density at radius 2 is 1.76 bits per heavy atom. The molecule has 2 fully saturated rings. The van der Waals surface area contributed by atoms with Gasteiger partial charge in [-0.25, -0.2) is 0 Å². The Bertz CT molecular complexity index is 326. The van der Waals surface area contributed by atoms with E-state index in [0.717, 1.165) is 13.1 Å². The molecule has 0 radical (unpaired) electrons. The van der Waals surface area contributed by atoms with E-state index in [9.17, 15) is 4.79 Å². The van der Waals surface area contributed by atoms with Crippen molar-refractivity contribution in [2.75, 3.05) is 13.1 Å². The van der Waals surface area contributed by atoms with Crippen LogP contribution >= 0.6 is 0 Å². The second-order valence-electron chi connectivity index (χ2n) is 7.78. The summed E-state index contributed by atoms with van der Waals surface area (Å²) in [5.41, 5.74) is -0.258. The third-order valence-corrected chi connectivity index (χ3v) is 5.87. The van der Waals surface area contributed by atoms with E-state index in [2.05, 4.69) is 31.4 Å². The summed E-state index contributed by atoms with van der Waals surface area (Å²) in [6.07, 6.45) is 10.3. The van der Waals surface area contributed by atoms with E-state index in [1.165, 1.54) is 51.4 Å². The van der Waals surface area contributed by atoms with E-state index in [1.807, 2.05) is 0 Å². The first-order valence-corrected chi connectivity index (χ1v) is 9.03. The van der Waals surface area contributed by atoms with E-state index in [0.29, 0.717) is 17.9 Å². The van der Waals surface area contributed by atoms with Crippen LogP contribution in [0.15, 0.2) is 0 Å². The molecule has 2 rings (SSSR count). The van der Waals surface area contributed by atoms with Gasteiger partial charge in [-0.2, -0.15) is 0 Å². The molecular formula is C18H34N2O. The average molecular weight is 294 g/mol. The lowest BCUT2D eigenvalue weighted by Gasteiger charge is -2.37. The van der Waals surface area contributed by atoms with Crippen molar-refractivity contribution in [1.82, 2.24) is 10.6 Å². The first-order valence-electron chi connectivity index (χ1n) is 9.03. The molecule has 1 saturated carbocycles. The Kier molecular flexibility index (Phi) is 6.09. The normalized spacial score (nSPS) is 26.9. The number of amides is 1. The van der Waals surface area contributed by atoms with E-state index in [1.54, 1.807) is 0 Å². The summed E-state index contributed by atoms with van der Waals surface area (Å²) in [4.78, 5) is 12.8. The number of hydrogen-bond acceptors (Lipinski definition) is 2. The van der Waals surface area contributed by atoms with E-state index >= 15 is 0 Å². The van der Waals surface area contributed by atoms with Crippen molar-refractivity contribution in [3.63, 3.8) is 0 Å². The van der Waals surface area contributed by atoms with Gasteiger partial charge in [0.15, 0.2) is 0 Å². The van der Waals surface area contributed by atoms with Gasteiger partial charge in [0, 0.05) is 11.5 Å². The highest BCUT2D eigenvalue weighted by molar-refractivity contribution is 5.82. The molecule has 1 unspecified atom stereocenters. The fourth-order valence-corrected chi connectivity index (χ4v) is 3.97. The molecule has 21 heavy (non-hydrogen) atoms. The van der Waals surface area contributed by atoms with Gasteiger partial charge in [0.1, 0.15) is 0 Å². The van der Waals surface area contributed by atoms with E-state index < -0.39 is 0 Å². The van der Waals surface area contributed by atoms with Gasteiger partial charge < -0.3 is 10.6 Å². The van der Waals surface area contributed by atoms with Crippen LogP contribution in [-0.4, -0.2) is 25.0 Å². The zero-order chi connectivity index (χ0) is 15.3. The summed E-state index contributed by atoms with van der Waals surface area (Å²) in [6, 6.07) is 0.325. The summed E-state index contributed by atoms with van der Waals surface area (Å²) >= 11 is 0. The maximum atomic E-state index is 12.8. The van der Waals surface area contributed by atoms with Crippen LogP contribution in [0, 0.1) is 17.3 Å². The van der Waals surface area contributed by atoms with Gasteiger partial charge in [-0.05, 0) is 57.5 Å². The van der Waals surface area contributed by atoms with Crippen LogP contribution in [0.5, 0.6) is 0 Å². The largest absolute Gasteiger partial charge is 0.353 e. The molecule has 1 saturated heterocycles. The van der Waals surface area contributed by atoms with Gasteiger partial charge in [0.2, 0.25) is 5.91 Å². The van der Waals surface area contributed by atoms with Crippen LogP contribution in [-0.2, 0) is 4.79 Å². The van der Waals surface area contributed by atoms with Gasteiger partial charge in [0.25, 0.3) is 0 Å². The number of carbonyl (C=O) groups is 1. The van der Waals surface area contributed by atoms with Crippen molar-refractivity contribution in [3.05, 3.63) is 0 Å². The predicted molar refractivity (Wildman–Crippen MR) is 88.2 cm³/mol. The van der Waals surface area contributed by atoms with Crippen molar-refractivity contribution < 1.29 is 4.79 Å². The minimum atomic E-state index is -0.258. The van der Waals surface area contributed by atoms with Gasteiger partial charge in [0.05, 0.1) is 0 Å². The molecule has 2 N–H and O–H groups in total. The molecule has 2 atom stereocenters. The Labute approximate surface area is 130 Å². The van der Waals surface area contributed by atoms with E-state index in [-0.39, 0.29) is 11.3 Å². The predicted octanol–water partition coefficient (Wildman–Crippen LogP) is 3.49. The maximum Gasteiger partial charge on any atom is 0.226 e. The maximum absolute atomic E-state index is 12.8. The van der Waals surface area contributed by atoms with Crippen molar-refractivity contribution in [1.29, 1.82) is 0 Å². The van der Waals surface area contributed by atoms with Crippen LogP contribution < -0.4 is 10.6 Å². The Morgan fingerprint density at radius 1 is 1.10 bits per heavy atom. The molecule has 0 bridgehead atoms. The number of hydrogen-bond donors (Lipinski definition) is 2. The summed E-state index contributed by atoms with van der Waals surface area (Å²) in [7, 11) is 0. The second kappa shape index (κ2) is 7.62. The third kappa shape index (κ3) is 4.45. The SMILES string of the molecule is C[C@@H](NC(=O)C(C)(C)C1CCCNC1)C1CCCCCC1. The fraction of sp³-hybridized carbons (Fsp3) is 0.944. The highest BCUT2D eigenvalue weighted by atomic mass is 16.2. The summed E-state index contributed by atoms with van der Waals surface area (Å²) in [6.45, 7) is 8.55. The minimum Gasteiger partial charge on any atom is -0.353 e. The molecule has 0 aromatic rings. The Morgan fingerprint density at radius 3 is 2.33 bits per heavy atom. The standard InChI is InChI=1S/C18H34N2O/c1-14(15-9-6-4-5-7-10-15)20-17(21)18(2,3)16-11-8-12-19-13-16/h14-16,19H,4-13H2,1-3H3,(H,20,21)/t14-,16?/m1/s1. The Hall–Kier alpha value is -0.570. The van der Waals surface area contributed by atoms with Crippen LogP contribution in [0.1, 0.15) is 72.1 Å². The summed E-state index contributed by atoms with van der Waals surface area (Å²) in [5, 5.41) is 6.79. The third-order valence-electron chi connectivity index (χ3n) is 5.87. The molecule has 1 amide bonds. The lowest BCUT2D eigenvalue weighted by molar-refractivity contribution is -0.133. The second-order valence-corrected chi connectivity index (χ2v) is 7.78. The molecule has 1 aliphatic heterocycles. The van der Waals surface area contributed by atoms with Crippen molar-refractivity contribution >= 4 is 5.91 Å². The lowest BCUT2D eigenvalue weighted by atomic mass is 9.74. The van der Waals surface area contributed by atoms with Gasteiger partial charge in [-0.1, -0.05) is 39.5 Å². The van der Waals surface area contributed by atoms with Crippen LogP contribution in [0.2, 0.25) is 0 Å². The quantitative estimate of drug-likeness (QED) is 0.779. The first kappa shape index (κ1) is 16.8. The van der Waals surface area contributed by atoms with Crippen molar-refractivity contribution in [3.8, 4) is 0 Å². The van der Waals surface area contributed by atoms with Crippen LogP contribution in [0.4, 0.5) is 0 Å². The average Bonchev–Trinajstić information content (AvgIpc) is 2.77. The number of piperidine rings is 1. The Balaban J connectivity index is 1.89. The van der Waals surface area contributed by atoms with Gasteiger partial charge >= 0.3 is 0 Å². The van der Waals surface area contributed by atoms with E-state index in [4.69, 9.17) is 0 Å². The van der Waals surface area contributed by atoms with Gasteiger partial charge in [-0.3, -0.25) is 4.79 Å². The first-order chi connectivity index (χ1) is 10.0. The molecule has 2 aliphatic rings. The lowest BCUT2D eigenvalue weighted by Crippen LogP contribution is -2.50. The molecule has 1 heterocycles. The topological polar surface area (TPSA) is 41.1 Å². The number of carbonyl (C=O) groups excluding carboxylic acids is 1. The van der Waals surface area contributed by atoms with Crippen molar-refractivity contribution in [2.45, 2.75) is 78.2 Å². The molecule has 1 aliphatic carbocycles.